The number of nitrogens with zero attached hydrogens (tertiary/aromatic N) is 3. The van der Waals surface area contributed by atoms with Crippen LogP contribution in [0.1, 0.15) is 20.1 Å². The first-order valence-electron chi connectivity index (χ1n) is 7.77. The number of nitrogens with two attached hydrogens (primary N) is 1. The van der Waals surface area contributed by atoms with Crippen molar-refractivity contribution in [3.05, 3.63) is 16.7 Å². The maximum Gasteiger partial charge on any atom is 0.694 e. The predicted molar refractivity (Wildman–Crippen MR) is 86.1 cm³/mol. The van der Waals surface area contributed by atoms with Crippen molar-refractivity contribution < 1.29 is 28.2 Å². The summed E-state index contributed by atoms with van der Waals surface area (Å²) in [5.41, 5.74) is 5.50. The molecule has 0 aromatic carbocycles. The molecule has 2 aliphatic rings. The molecule has 4 N–H and O–H groups in total. The molecule has 5 atom stereocenters. The van der Waals surface area contributed by atoms with Crippen molar-refractivity contribution in [2.75, 3.05) is 12.3 Å². The second-order valence-electron chi connectivity index (χ2n) is 6.44. The molecule has 2 fully saturated rings. The summed E-state index contributed by atoms with van der Waals surface area (Å²) in [5.74, 6) is -0.933. The van der Waals surface area contributed by atoms with E-state index in [0.717, 1.165) is 0 Å². The number of ether oxygens (including phenoxy) is 3. The van der Waals surface area contributed by atoms with Gasteiger partial charge in [-0.05, 0) is 13.8 Å². The van der Waals surface area contributed by atoms with Crippen LogP contribution in [0.4, 0.5) is 5.95 Å². The molecule has 4 heterocycles. The van der Waals surface area contributed by atoms with Crippen LogP contribution in [0.15, 0.2) is 11.1 Å². The van der Waals surface area contributed by atoms with Crippen molar-refractivity contribution in [2.45, 2.75) is 44.2 Å². The fourth-order valence-electron chi connectivity index (χ4n) is 3.28. The van der Waals surface area contributed by atoms with Crippen molar-refractivity contribution in [1.29, 1.82) is 0 Å². The van der Waals surface area contributed by atoms with Crippen molar-refractivity contribution in [3.8, 4) is 0 Å². The summed E-state index contributed by atoms with van der Waals surface area (Å²) in [6, 6.07) is 0. The van der Waals surface area contributed by atoms with Crippen LogP contribution in [-0.2, 0) is 23.3 Å². The molecule has 0 spiro atoms. The Kier molecular flexibility index (Phi) is 4.06. The zero-order valence-corrected chi connectivity index (χ0v) is 14.8. The van der Waals surface area contributed by atoms with Gasteiger partial charge in [0.25, 0.3) is 5.56 Å². The summed E-state index contributed by atoms with van der Waals surface area (Å²) in [5, 5.41) is 0. The third-order valence-electron chi connectivity index (χ3n) is 4.20. The summed E-state index contributed by atoms with van der Waals surface area (Å²) < 4.78 is 34.9. The first-order chi connectivity index (χ1) is 12.2. The van der Waals surface area contributed by atoms with Crippen LogP contribution in [0.3, 0.4) is 0 Å². The van der Waals surface area contributed by atoms with Crippen LogP contribution in [0.2, 0.25) is 0 Å². The summed E-state index contributed by atoms with van der Waals surface area (Å²) in [7, 11) is -2.77. The number of nitrogens with one attached hydrogen (secondary N) is 1. The smallest absolute Gasteiger partial charge is 0.369 e. The van der Waals surface area contributed by atoms with Crippen LogP contribution in [0.5, 0.6) is 0 Å². The predicted octanol–water partition coefficient (Wildman–Crippen LogP) is -0.214. The fourth-order valence-corrected chi connectivity index (χ4v) is 3.56. The maximum absolute atomic E-state index is 12.0. The lowest BCUT2D eigenvalue weighted by Crippen LogP contribution is -2.32. The van der Waals surface area contributed by atoms with E-state index in [9.17, 15) is 9.36 Å². The zero-order valence-electron chi connectivity index (χ0n) is 13.9. The maximum atomic E-state index is 12.0. The standard InChI is InChI=1S/C13H16N5O7P/c1-13(2)24-7-5(3-22-26(20)21)23-11(8(7)25-13)18-4-15-6-9(18)16-12(14)17-10(6)19/h4-5,7-8,11H,3H2,1-2H3,(H3-,14,16,17,19,20,21)/p+1/t5-,7?,8?,11-/m1/s1. The number of aromatic amines is 1. The van der Waals surface area contributed by atoms with Crippen LogP contribution in [0.25, 0.3) is 11.2 Å². The lowest BCUT2D eigenvalue weighted by atomic mass is 10.1. The molecular weight excluding hydrogens is 369 g/mol. The van der Waals surface area contributed by atoms with Gasteiger partial charge in [0, 0.05) is 4.57 Å². The van der Waals surface area contributed by atoms with Gasteiger partial charge >= 0.3 is 8.25 Å². The van der Waals surface area contributed by atoms with Crippen LogP contribution in [-0.4, -0.2) is 55.1 Å². The Bertz CT molecular complexity index is 927. The Labute approximate surface area is 147 Å². The summed E-state index contributed by atoms with van der Waals surface area (Å²) in [6.07, 6.45) is -1.09. The normalized spacial score (nSPS) is 30.7. The number of fused-ring (bicyclic) bond motifs is 2. The molecule has 26 heavy (non-hydrogen) atoms. The molecule has 3 unspecified atom stereocenters. The number of H-pyrrole nitrogens is 1. The highest BCUT2D eigenvalue weighted by molar-refractivity contribution is 7.32. The first-order valence-corrected chi connectivity index (χ1v) is 8.91. The van der Waals surface area contributed by atoms with Gasteiger partial charge in [0.1, 0.15) is 24.9 Å². The molecule has 12 nitrogen and oxygen atoms in total. The van der Waals surface area contributed by atoms with Gasteiger partial charge in [-0.3, -0.25) is 14.3 Å². The highest BCUT2D eigenvalue weighted by Gasteiger charge is 2.56. The minimum absolute atomic E-state index is 0.0557. The van der Waals surface area contributed by atoms with E-state index in [1.807, 2.05) is 0 Å². The topological polar surface area (TPSA) is 164 Å². The third kappa shape index (κ3) is 2.90. The Morgan fingerprint density at radius 1 is 1.46 bits per heavy atom. The van der Waals surface area contributed by atoms with Gasteiger partial charge in [0.2, 0.25) is 5.95 Å². The Morgan fingerprint density at radius 3 is 2.92 bits per heavy atom. The number of hydrogen-bond donors (Lipinski definition) is 3. The largest absolute Gasteiger partial charge is 0.694 e. The van der Waals surface area contributed by atoms with Gasteiger partial charge in [0.15, 0.2) is 23.2 Å². The molecule has 140 valence electrons. The molecule has 0 radical (unpaired) electrons. The fraction of sp³-hybridized carbons (Fsp3) is 0.615. The number of anilines is 1. The molecule has 13 heteroatoms. The van der Waals surface area contributed by atoms with Gasteiger partial charge < -0.3 is 19.9 Å². The van der Waals surface area contributed by atoms with E-state index in [0.29, 0.717) is 0 Å². The van der Waals surface area contributed by atoms with E-state index in [-0.39, 0.29) is 23.7 Å². The second kappa shape index (κ2) is 6.05. The molecule has 2 saturated heterocycles. The van der Waals surface area contributed by atoms with Crippen LogP contribution in [0, 0.1) is 0 Å². The molecular formula is C13H17N5O7P+. The van der Waals surface area contributed by atoms with Crippen molar-refractivity contribution >= 4 is 25.4 Å². The molecule has 4 rings (SSSR count). The van der Waals surface area contributed by atoms with E-state index in [1.54, 1.807) is 13.8 Å². The van der Waals surface area contributed by atoms with Crippen LogP contribution >= 0.6 is 8.25 Å². The van der Waals surface area contributed by atoms with Gasteiger partial charge in [-0.15, -0.1) is 9.42 Å². The molecule has 2 aliphatic heterocycles. The molecule has 0 bridgehead atoms. The second-order valence-corrected chi connectivity index (χ2v) is 7.17. The number of nitrogen functional groups attached to an aromatic ring is 1. The van der Waals surface area contributed by atoms with Gasteiger partial charge in [-0.2, -0.15) is 4.98 Å². The van der Waals surface area contributed by atoms with Gasteiger partial charge in [-0.1, -0.05) is 0 Å². The number of imidazole rings is 1. The minimum Gasteiger partial charge on any atom is -0.369 e. The molecule has 0 aliphatic carbocycles. The number of hydrogen-bond acceptors (Lipinski definition) is 9. The Hall–Kier alpha value is -1.95. The lowest BCUT2D eigenvalue weighted by Gasteiger charge is -2.24. The van der Waals surface area contributed by atoms with E-state index in [1.165, 1.54) is 10.9 Å². The third-order valence-corrected chi connectivity index (χ3v) is 4.57. The van der Waals surface area contributed by atoms with E-state index in [2.05, 4.69) is 15.0 Å². The molecule has 2 aromatic heterocycles. The molecule has 0 amide bonds. The van der Waals surface area contributed by atoms with Crippen molar-refractivity contribution in [3.63, 3.8) is 0 Å². The Balaban J connectivity index is 1.72. The number of rotatable bonds is 4. The lowest BCUT2D eigenvalue weighted by molar-refractivity contribution is -0.198. The van der Waals surface area contributed by atoms with Gasteiger partial charge in [0.05, 0.1) is 6.33 Å². The van der Waals surface area contributed by atoms with E-state index in [4.69, 9.17) is 29.4 Å². The summed E-state index contributed by atoms with van der Waals surface area (Å²) >= 11 is 0. The van der Waals surface area contributed by atoms with Crippen LogP contribution < -0.4 is 11.3 Å². The average Bonchev–Trinajstić information content (AvgIpc) is 3.16. The molecule has 2 aromatic rings. The highest BCUT2D eigenvalue weighted by Crippen LogP contribution is 2.44. The zero-order chi connectivity index (χ0) is 18.6. The SMILES string of the molecule is CC1(C)OC2C(O1)[C@@H](CO[P+](=O)O)O[C@H]2n1cnc2c(=O)[nH]c(N)nc21. The quantitative estimate of drug-likeness (QED) is 0.599. The van der Waals surface area contributed by atoms with Gasteiger partial charge in [-0.25, -0.2) is 4.98 Å². The van der Waals surface area contributed by atoms with E-state index >= 15 is 0 Å². The summed E-state index contributed by atoms with van der Waals surface area (Å²) in [4.78, 5) is 31.4. The first kappa shape index (κ1) is 17.5. The molecule has 0 saturated carbocycles. The van der Waals surface area contributed by atoms with Crippen molar-refractivity contribution in [2.24, 2.45) is 0 Å². The van der Waals surface area contributed by atoms with Crippen molar-refractivity contribution in [1.82, 2.24) is 19.5 Å². The highest BCUT2D eigenvalue weighted by atomic mass is 31.1. The number of aromatic nitrogens is 4. The summed E-state index contributed by atoms with van der Waals surface area (Å²) in [6.45, 7) is 3.34. The average molecular weight is 386 g/mol. The Morgan fingerprint density at radius 2 is 2.19 bits per heavy atom. The van der Waals surface area contributed by atoms with E-state index < -0.39 is 44.1 Å². The monoisotopic (exact) mass is 386 g/mol. The minimum atomic E-state index is -2.77.